The minimum Gasteiger partial charge on any atom is -0.330 e. The number of hydrogen-bond acceptors (Lipinski definition) is 4. The fourth-order valence-corrected chi connectivity index (χ4v) is 6.24. The van der Waals surface area contributed by atoms with E-state index in [2.05, 4.69) is 6.58 Å². The van der Waals surface area contributed by atoms with Crippen LogP contribution in [0.5, 0.6) is 0 Å². The molecule has 3 aromatic rings. The lowest BCUT2D eigenvalue weighted by atomic mass is 9.93. The molecule has 0 bridgehead atoms. The largest absolute Gasteiger partial charge is 0.330 e. The summed E-state index contributed by atoms with van der Waals surface area (Å²) in [5.74, 6) is -1.31. The van der Waals surface area contributed by atoms with Gasteiger partial charge in [-0.1, -0.05) is 18.2 Å². The molecule has 2 heterocycles. The van der Waals surface area contributed by atoms with Crippen LogP contribution in [0.25, 0.3) is 0 Å². The summed E-state index contributed by atoms with van der Waals surface area (Å²) in [5, 5.41) is 1.96. The highest BCUT2D eigenvalue weighted by atomic mass is 32.2. The van der Waals surface area contributed by atoms with Crippen molar-refractivity contribution in [3.63, 3.8) is 0 Å². The molecule has 172 valence electrons. The minimum absolute atomic E-state index is 0.0792. The molecule has 0 spiro atoms. The van der Waals surface area contributed by atoms with Gasteiger partial charge in [0.05, 0.1) is 17.5 Å². The second-order valence-electron chi connectivity index (χ2n) is 7.63. The van der Waals surface area contributed by atoms with Crippen LogP contribution in [0.3, 0.4) is 0 Å². The summed E-state index contributed by atoms with van der Waals surface area (Å²) < 4.78 is 54.1. The van der Waals surface area contributed by atoms with Gasteiger partial charge in [0.15, 0.2) is 0 Å². The van der Waals surface area contributed by atoms with Gasteiger partial charge >= 0.3 is 0 Å². The van der Waals surface area contributed by atoms with Gasteiger partial charge < -0.3 is 4.90 Å². The highest BCUT2D eigenvalue weighted by molar-refractivity contribution is 7.89. The van der Waals surface area contributed by atoms with Crippen LogP contribution >= 0.6 is 11.3 Å². The summed E-state index contributed by atoms with van der Waals surface area (Å²) in [6, 6.07) is 12.0. The maximum Gasteiger partial charge on any atom is 0.243 e. The van der Waals surface area contributed by atoms with E-state index in [4.69, 9.17) is 0 Å². The molecule has 1 aromatic heterocycles. The Bertz CT molecular complexity index is 1260. The van der Waals surface area contributed by atoms with Gasteiger partial charge in [0.2, 0.25) is 15.9 Å². The van der Waals surface area contributed by atoms with Gasteiger partial charge in [0, 0.05) is 18.0 Å². The maximum absolute atomic E-state index is 13.5. The first-order chi connectivity index (χ1) is 15.8. The zero-order valence-corrected chi connectivity index (χ0v) is 19.3. The molecule has 0 saturated heterocycles. The number of nitrogens with zero attached hydrogens (tertiary/aromatic N) is 2. The molecule has 1 aliphatic heterocycles. The molecular weight excluding hydrogens is 466 g/mol. The van der Waals surface area contributed by atoms with E-state index in [1.165, 1.54) is 30.3 Å². The Kier molecular flexibility index (Phi) is 6.73. The van der Waals surface area contributed by atoms with Crippen LogP contribution in [-0.4, -0.2) is 43.2 Å². The normalized spacial score (nSPS) is 16.0. The standard InChI is InChI=1S/C24H22F2N2O3S2/c1-2-13-27(33(30,31)20-9-7-19(26)8-10-20)16-23(29)28-14-11-22-21(12-15-32-22)24(28)17-3-5-18(25)6-4-17/h2-10,12,15,24H,1,11,13-14,16H2. The van der Waals surface area contributed by atoms with Gasteiger partial charge in [0.1, 0.15) is 11.6 Å². The van der Waals surface area contributed by atoms with Crippen LogP contribution in [0.1, 0.15) is 22.0 Å². The SMILES string of the molecule is C=CCN(CC(=O)N1CCc2sccc2C1c1ccc(F)cc1)S(=O)(=O)c1ccc(F)cc1. The lowest BCUT2D eigenvalue weighted by Gasteiger charge is -2.37. The van der Waals surface area contributed by atoms with Gasteiger partial charge in [-0.25, -0.2) is 17.2 Å². The Hall–Kier alpha value is -2.88. The molecule has 0 saturated carbocycles. The predicted molar refractivity (Wildman–Crippen MR) is 123 cm³/mol. The molecule has 33 heavy (non-hydrogen) atoms. The third kappa shape index (κ3) is 4.75. The molecule has 1 unspecified atom stereocenters. The third-order valence-electron chi connectivity index (χ3n) is 5.57. The van der Waals surface area contributed by atoms with Gasteiger partial charge in [-0.3, -0.25) is 4.79 Å². The van der Waals surface area contributed by atoms with Gasteiger partial charge in [-0.05, 0) is 65.4 Å². The van der Waals surface area contributed by atoms with Crippen LogP contribution in [0.4, 0.5) is 8.78 Å². The number of sulfonamides is 1. The number of carbonyl (C=O) groups is 1. The van der Waals surface area contributed by atoms with E-state index in [1.54, 1.807) is 28.4 Å². The van der Waals surface area contributed by atoms with Gasteiger partial charge in [-0.2, -0.15) is 4.31 Å². The molecule has 2 aromatic carbocycles. The van der Waals surface area contributed by atoms with Gasteiger partial charge in [-0.15, -0.1) is 17.9 Å². The van der Waals surface area contributed by atoms with E-state index >= 15 is 0 Å². The monoisotopic (exact) mass is 488 g/mol. The number of thiophene rings is 1. The summed E-state index contributed by atoms with van der Waals surface area (Å²) in [5.41, 5.74) is 1.71. The molecule has 1 atom stereocenters. The average Bonchev–Trinajstić information content (AvgIpc) is 3.28. The Labute approximate surface area is 195 Å². The molecule has 0 N–H and O–H groups in total. The molecule has 4 rings (SSSR count). The zero-order valence-electron chi connectivity index (χ0n) is 17.7. The summed E-state index contributed by atoms with van der Waals surface area (Å²) in [4.78, 5) is 16.1. The lowest BCUT2D eigenvalue weighted by molar-refractivity contribution is -0.133. The molecule has 0 aliphatic carbocycles. The molecule has 1 amide bonds. The molecule has 0 fully saturated rings. The lowest BCUT2D eigenvalue weighted by Crippen LogP contribution is -2.46. The maximum atomic E-state index is 13.5. The van der Waals surface area contributed by atoms with Crippen LogP contribution < -0.4 is 0 Å². The van der Waals surface area contributed by atoms with Crippen molar-refractivity contribution in [3.8, 4) is 0 Å². The van der Waals surface area contributed by atoms with Gasteiger partial charge in [0.25, 0.3) is 0 Å². The van der Waals surface area contributed by atoms with E-state index in [-0.39, 0.29) is 23.2 Å². The van der Waals surface area contributed by atoms with Crippen molar-refractivity contribution < 1.29 is 22.0 Å². The average molecular weight is 489 g/mol. The second-order valence-corrected chi connectivity index (χ2v) is 10.6. The molecule has 1 aliphatic rings. The Morgan fingerprint density at radius 2 is 1.73 bits per heavy atom. The number of fused-ring (bicyclic) bond motifs is 1. The fourth-order valence-electron chi connectivity index (χ4n) is 3.98. The van der Waals surface area contributed by atoms with E-state index in [0.29, 0.717) is 13.0 Å². The molecular formula is C24H22F2N2O3S2. The van der Waals surface area contributed by atoms with Crippen molar-refractivity contribution in [1.29, 1.82) is 0 Å². The fraction of sp³-hybridized carbons (Fsp3) is 0.208. The molecule has 0 radical (unpaired) electrons. The van der Waals surface area contributed by atoms with E-state index in [0.717, 1.165) is 32.4 Å². The highest BCUT2D eigenvalue weighted by Gasteiger charge is 2.35. The van der Waals surface area contributed by atoms with Crippen LogP contribution in [0.2, 0.25) is 0 Å². The third-order valence-corrected chi connectivity index (χ3v) is 8.39. The first-order valence-electron chi connectivity index (χ1n) is 10.3. The predicted octanol–water partition coefficient (Wildman–Crippen LogP) is 4.38. The van der Waals surface area contributed by atoms with Crippen molar-refractivity contribution in [1.82, 2.24) is 9.21 Å². The van der Waals surface area contributed by atoms with E-state index in [9.17, 15) is 22.0 Å². The van der Waals surface area contributed by atoms with E-state index < -0.39 is 28.4 Å². The topological polar surface area (TPSA) is 57.7 Å². The highest BCUT2D eigenvalue weighted by Crippen LogP contribution is 2.38. The van der Waals surface area contributed by atoms with Crippen molar-refractivity contribution in [3.05, 3.63) is 100 Å². The summed E-state index contributed by atoms with van der Waals surface area (Å²) in [6.45, 7) is 3.54. The summed E-state index contributed by atoms with van der Waals surface area (Å²) in [6.07, 6.45) is 2.06. The van der Waals surface area contributed by atoms with Crippen molar-refractivity contribution in [2.75, 3.05) is 19.6 Å². The number of amides is 1. The summed E-state index contributed by atoms with van der Waals surface area (Å²) >= 11 is 1.60. The summed E-state index contributed by atoms with van der Waals surface area (Å²) in [7, 11) is -4.05. The van der Waals surface area contributed by atoms with Crippen molar-refractivity contribution in [2.24, 2.45) is 0 Å². The molecule has 5 nitrogen and oxygen atoms in total. The van der Waals surface area contributed by atoms with Crippen LogP contribution in [-0.2, 0) is 21.2 Å². The number of carbonyl (C=O) groups excluding carboxylic acids is 1. The van der Waals surface area contributed by atoms with Crippen molar-refractivity contribution in [2.45, 2.75) is 17.4 Å². The minimum atomic E-state index is -4.05. The molecule has 9 heteroatoms. The number of hydrogen-bond donors (Lipinski definition) is 0. The Morgan fingerprint density at radius 3 is 2.36 bits per heavy atom. The van der Waals surface area contributed by atoms with Crippen LogP contribution in [0, 0.1) is 11.6 Å². The smallest absolute Gasteiger partial charge is 0.243 e. The first kappa shape index (κ1) is 23.3. The van der Waals surface area contributed by atoms with E-state index in [1.807, 2.05) is 11.4 Å². The second kappa shape index (κ2) is 9.54. The number of benzene rings is 2. The number of rotatable bonds is 7. The quantitative estimate of drug-likeness (QED) is 0.464. The zero-order chi connectivity index (χ0) is 23.6. The number of halogens is 2. The van der Waals surface area contributed by atoms with Crippen LogP contribution in [0.15, 0.2) is 77.5 Å². The Balaban J connectivity index is 1.65. The first-order valence-corrected chi connectivity index (χ1v) is 12.6. The Morgan fingerprint density at radius 1 is 1.09 bits per heavy atom. The van der Waals surface area contributed by atoms with Crippen molar-refractivity contribution >= 4 is 27.3 Å².